The minimum absolute atomic E-state index is 0.128. The van der Waals surface area contributed by atoms with E-state index < -0.39 is 23.4 Å². The number of amides is 2. The molecule has 0 aliphatic carbocycles. The molecule has 0 saturated carbocycles. The molecule has 1 spiro atoms. The Kier molecular flexibility index (Phi) is 5.64. The summed E-state index contributed by atoms with van der Waals surface area (Å²) in [5.74, 6) is -0.371. The summed E-state index contributed by atoms with van der Waals surface area (Å²) < 4.78 is 13.8. The predicted octanol–water partition coefficient (Wildman–Crippen LogP) is 4.53. The van der Waals surface area contributed by atoms with E-state index in [0.717, 1.165) is 107 Å². The average molecular weight is 607 g/mol. The van der Waals surface area contributed by atoms with Gasteiger partial charge in [0, 0.05) is 77.9 Å². The fraction of sp³-hybridized carbons (Fsp3) is 0.400. The number of hydrogen-bond acceptors (Lipinski definition) is 8. The van der Waals surface area contributed by atoms with Crippen LogP contribution in [0.15, 0.2) is 30.3 Å². The van der Waals surface area contributed by atoms with Crippen LogP contribution >= 0.6 is 0 Å². The highest BCUT2D eigenvalue weighted by Gasteiger charge is 2.56. The van der Waals surface area contributed by atoms with Gasteiger partial charge in [-0.1, -0.05) is 6.07 Å². The van der Waals surface area contributed by atoms with Crippen LogP contribution < -0.4 is 20.0 Å². The smallest absolute Gasteiger partial charge is 0.340 e. The van der Waals surface area contributed by atoms with Crippen LogP contribution in [0, 0.1) is 0 Å². The van der Waals surface area contributed by atoms with Gasteiger partial charge in [-0.3, -0.25) is 14.8 Å². The molecule has 9 rings (SSSR count). The van der Waals surface area contributed by atoms with Crippen LogP contribution in [0.5, 0.6) is 11.5 Å². The van der Waals surface area contributed by atoms with E-state index in [1.807, 2.05) is 0 Å². The molecule has 2 N–H and O–H groups in total. The van der Waals surface area contributed by atoms with Crippen molar-refractivity contribution < 1.29 is 29.1 Å². The summed E-state index contributed by atoms with van der Waals surface area (Å²) in [6.07, 6.45) is 7.91. The van der Waals surface area contributed by atoms with Crippen molar-refractivity contribution in [3.8, 4) is 11.5 Å². The molecule has 0 unspecified atom stereocenters. The van der Waals surface area contributed by atoms with Crippen molar-refractivity contribution in [3.05, 3.63) is 80.4 Å². The van der Waals surface area contributed by atoms with Crippen LogP contribution in [-0.2, 0) is 40.8 Å². The van der Waals surface area contributed by atoms with E-state index in [4.69, 9.17) is 9.47 Å². The number of rotatable bonds is 1. The summed E-state index contributed by atoms with van der Waals surface area (Å²) in [5, 5.41) is 9.93. The lowest BCUT2D eigenvalue weighted by atomic mass is 9.72. The lowest BCUT2D eigenvalue weighted by Crippen LogP contribution is -2.42. The summed E-state index contributed by atoms with van der Waals surface area (Å²) in [5.41, 5.74) is 11.2. The molecule has 10 heteroatoms. The number of esters is 1. The first-order valence-electron chi connectivity index (χ1n) is 16.1. The standard InChI is InChI=1S/C35H34N4O6/c1-19(40)39(43)36-33(41)22-10-11-26-25(16-22)34(42)45-35(26)27-17-20-6-2-12-37-14-4-8-23(29(20)37)31(27)44-32-24-9-5-15-38-13-3-7-21(30(24)38)18-28(32)35/h10-11,16-18,43H,2-9,12-15H2,1H3,(H,36,41). The number of hydrazine groups is 1. The third-order valence-corrected chi connectivity index (χ3v) is 10.5. The Labute approximate surface area is 260 Å². The highest BCUT2D eigenvalue weighted by atomic mass is 16.6. The number of hydroxylamine groups is 1. The molecule has 6 aliphatic rings. The monoisotopic (exact) mass is 606 g/mol. The van der Waals surface area contributed by atoms with Gasteiger partial charge in [0.05, 0.1) is 5.56 Å². The number of carbonyl (C=O) groups is 3. The summed E-state index contributed by atoms with van der Waals surface area (Å²) in [6.45, 7) is 5.26. The topological polar surface area (TPSA) is 112 Å². The Morgan fingerprint density at radius 1 is 0.822 bits per heavy atom. The second kappa shape index (κ2) is 9.47. The van der Waals surface area contributed by atoms with Crippen LogP contribution in [-0.4, -0.2) is 54.3 Å². The number of fused-ring (bicyclic) bond motifs is 8. The first kappa shape index (κ1) is 26.8. The van der Waals surface area contributed by atoms with E-state index >= 15 is 0 Å². The molecule has 6 aliphatic heterocycles. The van der Waals surface area contributed by atoms with Gasteiger partial charge in [-0.2, -0.15) is 0 Å². The molecule has 6 heterocycles. The van der Waals surface area contributed by atoms with Gasteiger partial charge in [0.25, 0.3) is 11.8 Å². The highest BCUT2D eigenvalue weighted by Crippen LogP contribution is 2.61. The molecule has 0 fully saturated rings. The van der Waals surface area contributed by atoms with Crippen molar-refractivity contribution in [2.45, 2.75) is 63.9 Å². The van der Waals surface area contributed by atoms with Gasteiger partial charge in [0.2, 0.25) is 0 Å². The quantitative estimate of drug-likeness (QED) is 0.236. The number of benzene rings is 3. The molecular formula is C35H34N4O6. The Balaban J connectivity index is 1.30. The normalized spacial score (nSPS) is 19.4. The van der Waals surface area contributed by atoms with Crippen molar-refractivity contribution >= 4 is 29.2 Å². The van der Waals surface area contributed by atoms with E-state index in [1.54, 1.807) is 12.1 Å². The maximum Gasteiger partial charge on any atom is 0.340 e. The van der Waals surface area contributed by atoms with Crippen LogP contribution in [0.3, 0.4) is 0 Å². The zero-order valence-electron chi connectivity index (χ0n) is 25.2. The van der Waals surface area contributed by atoms with Gasteiger partial charge in [0.1, 0.15) is 11.5 Å². The lowest BCUT2D eigenvalue weighted by Gasteiger charge is -2.45. The van der Waals surface area contributed by atoms with Crippen molar-refractivity contribution in [3.63, 3.8) is 0 Å². The maximum atomic E-state index is 14.0. The molecule has 2 amide bonds. The van der Waals surface area contributed by atoms with Crippen LogP contribution in [0.25, 0.3) is 0 Å². The van der Waals surface area contributed by atoms with Crippen molar-refractivity contribution in [1.82, 2.24) is 10.6 Å². The summed E-state index contributed by atoms with van der Waals surface area (Å²) >= 11 is 0. The Bertz CT molecular complexity index is 1780. The number of anilines is 2. The zero-order valence-corrected chi connectivity index (χ0v) is 25.2. The van der Waals surface area contributed by atoms with Crippen molar-refractivity contribution in [2.75, 3.05) is 36.0 Å². The first-order chi connectivity index (χ1) is 21.8. The van der Waals surface area contributed by atoms with E-state index in [2.05, 4.69) is 27.4 Å². The van der Waals surface area contributed by atoms with Gasteiger partial charge < -0.3 is 19.3 Å². The number of carbonyl (C=O) groups excluding carboxylic acids is 3. The molecule has 0 bridgehead atoms. The summed E-state index contributed by atoms with van der Waals surface area (Å²) in [7, 11) is 0. The van der Waals surface area contributed by atoms with Gasteiger partial charge in [-0.25, -0.2) is 10.2 Å². The van der Waals surface area contributed by atoms with Crippen LogP contribution in [0.4, 0.5) is 11.4 Å². The molecular weight excluding hydrogens is 572 g/mol. The third kappa shape index (κ3) is 3.63. The highest BCUT2D eigenvalue weighted by molar-refractivity contribution is 6.02. The molecule has 10 nitrogen and oxygen atoms in total. The Hall–Kier alpha value is -4.57. The fourth-order valence-electron chi connectivity index (χ4n) is 8.72. The van der Waals surface area contributed by atoms with Gasteiger partial charge in [-0.15, -0.1) is 5.17 Å². The minimum Gasteiger partial charge on any atom is -0.456 e. The number of nitrogens with zero attached hydrogens (tertiary/aromatic N) is 3. The molecule has 0 atom stereocenters. The average Bonchev–Trinajstić information content (AvgIpc) is 3.34. The van der Waals surface area contributed by atoms with Gasteiger partial charge >= 0.3 is 5.97 Å². The van der Waals surface area contributed by atoms with Crippen molar-refractivity contribution in [1.29, 1.82) is 0 Å². The second-order valence-corrected chi connectivity index (χ2v) is 13.1. The number of hydrogen-bond donors (Lipinski definition) is 2. The maximum absolute atomic E-state index is 14.0. The molecule has 3 aromatic carbocycles. The zero-order chi connectivity index (χ0) is 30.6. The van der Waals surface area contributed by atoms with E-state index in [-0.39, 0.29) is 16.3 Å². The number of aryl methyl sites for hydroxylation is 2. The molecule has 0 saturated heterocycles. The summed E-state index contributed by atoms with van der Waals surface area (Å²) in [6, 6.07) is 9.34. The van der Waals surface area contributed by atoms with Crippen LogP contribution in [0.2, 0.25) is 0 Å². The first-order valence-corrected chi connectivity index (χ1v) is 16.1. The van der Waals surface area contributed by atoms with Gasteiger partial charge in [-0.05, 0) is 86.8 Å². The number of ether oxygens (including phenoxy) is 2. The second-order valence-electron chi connectivity index (χ2n) is 13.1. The lowest BCUT2D eigenvalue weighted by molar-refractivity contribution is -0.172. The fourth-order valence-corrected chi connectivity index (χ4v) is 8.72. The van der Waals surface area contributed by atoms with E-state index in [9.17, 15) is 19.6 Å². The SMILES string of the molecule is CC(=O)N(O)NC(=O)c1ccc2c(c1)C(=O)OC21c2cc3c4c(c2Oc2c1cc1c5c2CCCN5CCC1)CCCN4CCC3. The molecule has 0 radical (unpaired) electrons. The van der Waals surface area contributed by atoms with E-state index in [0.29, 0.717) is 5.56 Å². The van der Waals surface area contributed by atoms with Crippen LogP contribution in [0.1, 0.15) is 92.3 Å². The molecule has 3 aromatic rings. The largest absolute Gasteiger partial charge is 0.456 e. The molecule has 230 valence electrons. The predicted molar refractivity (Wildman–Crippen MR) is 164 cm³/mol. The Morgan fingerprint density at radius 3 is 1.93 bits per heavy atom. The Morgan fingerprint density at radius 2 is 1.38 bits per heavy atom. The van der Waals surface area contributed by atoms with Gasteiger partial charge in [0.15, 0.2) is 5.60 Å². The van der Waals surface area contributed by atoms with E-state index in [1.165, 1.54) is 39.7 Å². The third-order valence-electron chi connectivity index (χ3n) is 10.5. The minimum atomic E-state index is -1.23. The number of nitrogens with one attached hydrogen (secondary N) is 1. The summed E-state index contributed by atoms with van der Waals surface area (Å²) in [4.78, 5) is 43.4. The van der Waals surface area contributed by atoms with Crippen molar-refractivity contribution in [2.24, 2.45) is 0 Å². The molecule has 0 aromatic heterocycles. The molecule has 45 heavy (non-hydrogen) atoms.